The minimum atomic E-state index is -0.971. The van der Waals surface area contributed by atoms with Crippen molar-refractivity contribution in [3.05, 3.63) is 35.9 Å². The Morgan fingerprint density at radius 1 is 1.32 bits per heavy atom. The largest absolute Gasteiger partial charge is 0.497 e. The van der Waals surface area contributed by atoms with Crippen LogP contribution in [-0.4, -0.2) is 33.4 Å². The first-order valence-corrected chi connectivity index (χ1v) is 5.56. The van der Waals surface area contributed by atoms with Crippen LogP contribution >= 0.6 is 0 Å². The van der Waals surface area contributed by atoms with Crippen molar-refractivity contribution in [3.8, 4) is 11.5 Å². The van der Waals surface area contributed by atoms with E-state index < -0.39 is 5.97 Å². The Hall–Kier alpha value is -2.57. The number of carbonyl (C=O) groups is 1. The predicted octanol–water partition coefficient (Wildman–Crippen LogP) is 1.02. The second kappa shape index (κ2) is 5.85. The normalized spacial score (nSPS) is 10.2. The van der Waals surface area contributed by atoms with Gasteiger partial charge in [0.2, 0.25) is 0 Å². The predicted molar refractivity (Wildman–Crippen MR) is 65.0 cm³/mol. The smallest absolute Gasteiger partial charge is 0.311 e. The minimum Gasteiger partial charge on any atom is -0.497 e. The summed E-state index contributed by atoms with van der Waals surface area (Å²) in [6, 6.07) is 7.11. The molecule has 0 atom stereocenters. The number of methoxy groups -OCH3 is 1. The highest BCUT2D eigenvalue weighted by atomic mass is 16.5. The van der Waals surface area contributed by atoms with E-state index in [4.69, 9.17) is 14.6 Å². The maximum Gasteiger partial charge on any atom is 0.311 e. The first kappa shape index (κ1) is 12.9. The van der Waals surface area contributed by atoms with Crippen molar-refractivity contribution in [1.82, 2.24) is 15.2 Å². The molecule has 0 spiro atoms. The number of aromatic nitrogens is 3. The fourth-order valence-electron chi connectivity index (χ4n) is 1.44. The second-order valence-electron chi connectivity index (χ2n) is 3.73. The number of aliphatic carboxylic acids is 1. The molecule has 19 heavy (non-hydrogen) atoms. The quantitative estimate of drug-likeness (QED) is 0.807. The summed E-state index contributed by atoms with van der Waals surface area (Å²) >= 11 is 0. The van der Waals surface area contributed by atoms with E-state index in [9.17, 15) is 4.79 Å². The minimum absolute atomic E-state index is 0.193. The van der Waals surface area contributed by atoms with E-state index in [-0.39, 0.29) is 18.9 Å². The van der Waals surface area contributed by atoms with Gasteiger partial charge in [0.15, 0.2) is 11.6 Å². The molecule has 2 aromatic rings. The van der Waals surface area contributed by atoms with Gasteiger partial charge in [0.25, 0.3) is 0 Å². The van der Waals surface area contributed by atoms with E-state index in [2.05, 4.69) is 15.2 Å². The molecule has 0 amide bonds. The number of benzene rings is 1. The van der Waals surface area contributed by atoms with Crippen molar-refractivity contribution in [2.75, 3.05) is 7.11 Å². The third-order valence-corrected chi connectivity index (χ3v) is 2.32. The topological polar surface area (TPSA) is 97.3 Å². The van der Waals surface area contributed by atoms with Crippen molar-refractivity contribution in [3.63, 3.8) is 0 Å². The number of nitrogens with zero attached hydrogens (tertiary/aromatic N) is 2. The number of carboxylic acids is 1. The average molecular weight is 263 g/mol. The molecule has 1 heterocycles. The molecular formula is C12H13N3O4. The summed E-state index contributed by atoms with van der Waals surface area (Å²) in [4.78, 5) is 14.5. The molecule has 1 aromatic carbocycles. The zero-order chi connectivity index (χ0) is 13.7. The Morgan fingerprint density at radius 3 is 2.63 bits per heavy atom. The van der Waals surface area contributed by atoms with Crippen molar-refractivity contribution in [2.24, 2.45) is 0 Å². The second-order valence-corrected chi connectivity index (χ2v) is 3.73. The summed E-state index contributed by atoms with van der Waals surface area (Å²) in [5.74, 6) is 1.15. The maximum atomic E-state index is 10.5. The number of hydrogen-bond donors (Lipinski definition) is 2. The maximum absolute atomic E-state index is 10.5. The molecule has 0 aliphatic heterocycles. The molecule has 0 bridgehead atoms. The van der Waals surface area contributed by atoms with E-state index in [1.54, 1.807) is 31.4 Å². The van der Waals surface area contributed by atoms with Gasteiger partial charge in [-0.2, -0.15) is 5.10 Å². The molecule has 0 aliphatic carbocycles. The Kier molecular flexibility index (Phi) is 3.97. The van der Waals surface area contributed by atoms with Crippen LogP contribution in [0.3, 0.4) is 0 Å². The van der Waals surface area contributed by atoms with E-state index in [0.717, 1.165) is 5.75 Å². The van der Waals surface area contributed by atoms with Gasteiger partial charge in [-0.15, -0.1) is 0 Å². The van der Waals surface area contributed by atoms with Gasteiger partial charge in [0.1, 0.15) is 24.5 Å². The van der Waals surface area contributed by atoms with Crippen LogP contribution in [0.4, 0.5) is 0 Å². The molecule has 0 saturated carbocycles. The van der Waals surface area contributed by atoms with Crippen molar-refractivity contribution in [2.45, 2.75) is 13.0 Å². The van der Waals surface area contributed by atoms with Gasteiger partial charge in [0.05, 0.1) is 7.11 Å². The summed E-state index contributed by atoms with van der Waals surface area (Å²) in [6.45, 7) is 0.193. The highest BCUT2D eigenvalue weighted by Gasteiger charge is 2.07. The molecule has 0 aliphatic rings. The van der Waals surface area contributed by atoms with Crippen LogP contribution in [0.2, 0.25) is 0 Å². The van der Waals surface area contributed by atoms with Crippen LogP contribution in [-0.2, 0) is 17.8 Å². The summed E-state index contributed by atoms with van der Waals surface area (Å²) in [6.07, 6.45) is -0.209. The molecule has 7 heteroatoms. The third kappa shape index (κ3) is 3.70. The summed E-state index contributed by atoms with van der Waals surface area (Å²) in [5.41, 5.74) is 0. The van der Waals surface area contributed by atoms with Crippen molar-refractivity contribution < 1.29 is 19.4 Å². The Bertz CT molecular complexity index is 550. The van der Waals surface area contributed by atoms with E-state index in [1.165, 1.54) is 0 Å². The molecule has 2 N–H and O–H groups in total. The average Bonchev–Trinajstić information content (AvgIpc) is 2.84. The lowest BCUT2D eigenvalue weighted by Crippen LogP contribution is -2.02. The first-order chi connectivity index (χ1) is 9.17. The van der Waals surface area contributed by atoms with Gasteiger partial charge in [-0.25, -0.2) is 4.98 Å². The lowest BCUT2D eigenvalue weighted by atomic mass is 10.3. The summed E-state index contributed by atoms with van der Waals surface area (Å²) in [7, 11) is 1.59. The van der Waals surface area contributed by atoms with Gasteiger partial charge >= 0.3 is 5.97 Å². The molecule has 0 unspecified atom stereocenters. The van der Waals surface area contributed by atoms with Crippen LogP contribution in [0.15, 0.2) is 24.3 Å². The van der Waals surface area contributed by atoms with E-state index in [0.29, 0.717) is 11.6 Å². The van der Waals surface area contributed by atoms with Gasteiger partial charge in [-0.3, -0.25) is 9.89 Å². The molecule has 2 rings (SSSR count). The Balaban J connectivity index is 1.90. The molecule has 100 valence electrons. The number of carboxylic acid groups (broad SMARTS) is 1. The number of H-pyrrole nitrogens is 1. The third-order valence-electron chi connectivity index (χ3n) is 2.32. The number of aromatic amines is 1. The number of nitrogens with one attached hydrogen (secondary N) is 1. The van der Waals surface area contributed by atoms with Crippen molar-refractivity contribution >= 4 is 5.97 Å². The number of hydrogen-bond acceptors (Lipinski definition) is 5. The standard InChI is InChI=1S/C12H13N3O4/c1-18-8-2-4-9(5-3-8)19-7-11-13-10(14-15-11)6-12(16)17/h2-5H,6-7H2,1H3,(H,16,17)(H,13,14,15). The molecule has 0 saturated heterocycles. The molecule has 1 aromatic heterocycles. The summed E-state index contributed by atoms with van der Waals surface area (Å²) < 4.78 is 10.5. The highest BCUT2D eigenvalue weighted by Crippen LogP contribution is 2.17. The van der Waals surface area contributed by atoms with Gasteiger partial charge in [0, 0.05) is 0 Å². The zero-order valence-corrected chi connectivity index (χ0v) is 10.3. The summed E-state index contributed by atoms with van der Waals surface area (Å²) in [5, 5.41) is 15.0. The SMILES string of the molecule is COc1ccc(OCc2nc(CC(=O)O)n[nH]2)cc1. The number of rotatable bonds is 6. The molecular weight excluding hydrogens is 250 g/mol. The molecule has 7 nitrogen and oxygen atoms in total. The van der Waals surface area contributed by atoms with Gasteiger partial charge in [-0.05, 0) is 24.3 Å². The van der Waals surface area contributed by atoms with Gasteiger partial charge in [-0.1, -0.05) is 0 Å². The van der Waals surface area contributed by atoms with Crippen molar-refractivity contribution in [1.29, 1.82) is 0 Å². The van der Waals surface area contributed by atoms with Crippen LogP contribution in [0.1, 0.15) is 11.6 Å². The fraction of sp³-hybridized carbons (Fsp3) is 0.250. The zero-order valence-electron chi connectivity index (χ0n) is 10.3. The van der Waals surface area contributed by atoms with Crippen LogP contribution in [0.5, 0.6) is 11.5 Å². The van der Waals surface area contributed by atoms with Crippen LogP contribution in [0.25, 0.3) is 0 Å². The lowest BCUT2D eigenvalue weighted by molar-refractivity contribution is -0.136. The Morgan fingerprint density at radius 2 is 2.00 bits per heavy atom. The highest BCUT2D eigenvalue weighted by molar-refractivity contribution is 5.68. The molecule has 0 radical (unpaired) electrons. The van der Waals surface area contributed by atoms with E-state index in [1.807, 2.05) is 0 Å². The van der Waals surface area contributed by atoms with Gasteiger partial charge < -0.3 is 14.6 Å². The lowest BCUT2D eigenvalue weighted by Gasteiger charge is -2.04. The van der Waals surface area contributed by atoms with E-state index >= 15 is 0 Å². The molecule has 0 fully saturated rings. The van der Waals surface area contributed by atoms with Crippen LogP contribution < -0.4 is 9.47 Å². The van der Waals surface area contributed by atoms with Crippen LogP contribution in [0, 0.1) is 0 Å². The number of ether oxygens (including phenoxy) is 2. The fourth-order valence-corrected chi connectivity index (χ4v) is 1.44. The monoisotopic (exact) mass is 263 g/mol. The Labute approximate surface area is 109 Å². The first-order valence-electron chi connectivity index (χ1n) is 5.56.